The lowest BCUT2D eigenvalue weighted by Gasteiger charge is -2.20. The van der Waals surface area contributed by atoms with Crippen LogP contribution in [-0.4, -0.2) is 23.9 Å². The number of rotatable bonds is 6. The van der Waals surface area contributed by atoms with E-state index in [2.05, 4.69) is 48.5 Å². The summed E-state index contributed by atoms with van der Waals surface area (Å²) >= 11 is 0. The highest BCUT2D eigenvalue weighted by atomic mass is 16.5. The Bertz CT molecular complexity index is 563. The largest absolute Gasteiger partial charge is 0.493 e. The van der Waals surface area contributed by atoms with Crippen molar-refractivity contribution in [3.8, 4) is 5.75 Å². The quantitative estimate of drug-likeness (QED) is 0.879. The van der Waals surface area contributed by atoms with E-state index in [0.29, 0.717) is 0 Å². The molecule has 1 heterocycles. The first-order valence-corrected chi connectivity index (χ1v) is 7.04. The molecule has 2 aromatic rings. The molecule has 108 valence electrons. The van der Waals surface area contributed by atoms with Crippen molar-refractivity contribution in [3.63, 3.8) is 0 Å². The van der Waals surface area contributed by atoms with Gasteiger partial charge in [0.15, 0.2) is 5.75 Å². The summed E-state index contributed by atoms with van der Waals surface area (Å²) in [5, 5.41) is 7.83. The molecule has 0 aliphatic carbocycles. The lowest BCUT2D eigenvalue weighted by molar-refractivity contribution is 0.400. The molecule has 0 saturated carbocycles. The van der Waals surface area contributed by atoms with Gasteiger partial charge in [-0.1, -0.05) is 36.8 Å². The van der Waals surface area contributed by atoms with Crippen molar-refractivity contribution in [2.24, 2.45) is 0 Å². The van der Waals surface area contributed by atoms with Gasteiger partial charge >= 0.3 is 0 Å². The van der Waals surface area contributed by atoms with Crippen LogP contribution in [0.1, 0.15) is 36.2 Å². The Labute approximate surface area is 120 Å². The molecule has 1 N–H and O–H groups in total. The first kappa shape index (κ1) is 14.6. The maximum absolute atomic E-state index is 5.48. The van der Waals surface area contributed by atoms with Gasteiger partial charge in [0.25, 0.3) is 0 Å². The number of nitrogens with zero attached hydrogens (tertiary/aromatic N) is 2. The number of benzene rings is 1. The molecule has 0 saturated heterocycles. The lowest BCUT2D eigenvalue weighted by atomic mass is 10.0. The summed E-state index contributed by atoms with van der Waals surface area (Å²) in [6, 6.07) is 8.61. The molecule has 1 aromatic heterocycles. The van der Waals surface area contributed by atoms with E-state index < -0.39 is 0 Å². The first-order chi connectivity index (χ1) is 9.71. The van der Waals surface area contributed by atoms with Gasteiger partial charge in [0.2, 0.25) is 0 Å². The maximum atomic E-state index is 5.48. The van der Waals surface area contributed by atoms with E-state index >= 15 is 0 Å². The Hall–Kier alpha value is -1.81. The fraction of sp³-hybridized carbons (Fsp3) is 0.438. The third-order valence-electron chi connectivity index (χ3n) is 3.44. The highest BCUT2D eigenvalue weighted by Crippen LogP contribution is 2.30. The average molecular weight is 273 g/mol. The van der Waals surface area contributed by atoms with E-state index in [1.54, 1.807) is 13.3 Å². The van der Waals surface area contributed by atoms with Gasteiger partial charge in [-0.05, 0) is 26.0 Å². The average Bonchev–Trinajstić information content (AvgIpc) is 2.84. The zero-order valence-corrected chi connectivity index (χ0v) is 12.7. The van der Waals surface area contributed by atoms with Crippen LogP contribution in [-0.2, 0) is 6.54 Å². The standard InChI is InChI=1S/C16H23N3O/c1-5-9-19-16(14(20-4)11-18-19)15(17-3)13-8-6-7-12(2)10-13/h6-8,10-11,15,17H,5,9H2,1-4H3. The van der Waals surface area contributed by atoms with Gasteiger partial charge in [0.05, 0.1) is 19.3 Å². The first-order valence-electron chi connectivity index (χ1n) is 7.04. The third kappa shape index (κ3) is 2.85. The number of aromatic nitrogens is 2. The van der Waals surface area contributed by atoms with E-state index in [4.69, 9.17) is 4.74 Å². The number of hydrogen-bond acceptors (Lipinski definition) is 3. The van der Waals surface area contributed by atoms with Crippen LogP contribution >= 0.6 is 0 Å². The Morgan fingerprint density at radius 1 is 1.40 bits per heavy atom. The second-order valence-electron chi connectivity index (χ2n) is 4.96. The molecule has 0 aliphatic heterocycles. The van der Waals surface area contributed by atoms with Crippen molar-refractivity contribution < 1.29 is 4.74 Å². The van der Waals surface area contributed by atoms with Crippen LogP contribution in [0.2, 0.25) is 0 Å². The summed E-state index contributed by atoms with van der Waals surface area (Å²) in [6.45, 7) is 5.15. The third-order valence-corrected chi connectivity index (χ3v) is 3.44. The molecule has 1 unspecified atom stereocenters. The monoisotopic (exact) mass is 273 g/mol. The molecular formula is C16H23N3O. The smallest absolute Gasteiger partial charge is 0.161 e. The van der Waals surface area contributed by atoms with E-state index in [1.165, 1.54) is 11.1 Å². The van der Waals surface area contributed by atoms with Gasteiger partial charge in [0.1, 0.15) is 5.69 Å². The van der Waals surface area contributed by atoms with Crippen LogP contribution in [0.4, 0.5) is 0 Å². The lowest BCUT2D eigenvalue weighted by Crippen LogP contribution is -2.22. The molecule has 0 fully saturated rings. The highest BCUT2D eigenvalue weighted by molar-refractivity contribution is 5.37. The SMILES string of the molecule is CCCn1ncc(OC)c1C(NC)c1cccc(C)c1. The number of methoxy groups -OCH3 is 1. The number of aryl methyl sites for hydroxylation is 2. The van der Waals surface area contributed by atoms with Gasteiger partial charge < -0.3 is 10.1 Å². The normalized spacial score (nSPS) is 12.4. The summed E-state index contributed by atoms with van der Waals surface area (Å²) in [5.41, 5.74) is 3.56. The number of ether oxygens (including phenoxy) is 1. The van der Waals surface area contributed by atoms with Crippen LogP contribution in [0.25, 0.3) is 0 Å². The van der Waals surface area contributed by atoms with E-state index in [9.17, 15) is 0 Å². The van der Waals surface area contributed by atoms with Crippen LogP contribution < -0.4 is 10.1 Å². The molecule has 2 rings (SSSR count). The Morgan fingerprint density at radius 2 is 2.20 bits per heavy atom. The van der Waals surface area contributed by atoms with Gasteiger partial charge in [-0.15, -0.1) is 0 Å². The minimum atomic E-state index is 0.0823. The topological polar surface area (TPSA) is 39.1 Å². The summed E-state index contributed by atoms with van der Waals surface area (Å²) in [6.07, 6.45) is 2.84. The van der Waals surface area contributed by atoms with Crippen molar-refractivity contribution in [3.05, 3.63) is 47.3 Å². The van der Waals surface area contributed by atoms with Crippen molar-refractivity contribution >= 4 is 0 Å². The Kier molecular flexibility index (Phi) is 4.79. The second kappa shape index (κ2) is 6.57. The molecule has 1 aromatic carbocycles. The summed E-state index contributed by atoms with van der Waals surface area (Å²) in [4.78, 5) is 0. The predicted octanol–water partition coefficient (Wildman–Crippen LogP) is 2.92. The maximum Gasteiger partial charge on any atom is 0.161 e. The van der Waals surface area contributed by atoms with Crippen LogP contribution in [0.15, 0.2) is 30.5 Å². The van der Waals surface area contributed by atoms with Crippen molar-refractivity contribution in [1.29, 1.82) is 0 Å². The molecule has 1 atom stereocenters. The van der Waals surface area contributed by atoms with Crippen LogP contribution in [0.5, 0.6) is 5.75 Å². The van der Waals surface area contributed by atoms with E-state index in [-0.39, 0.29) is 6.04 Å². The zero-order valence-electron chi connectivity index (χ0n) is 12.7. The van der Waals surface area contributed by atoms with E-state index in [0.717, 1.165) is 24.4 Å². The molecule has 0 bridgehead atoms. The summed E-state index contributed by atoms with van der Waals surface area (Å²) < 4.78 is 7.51. The van der Waals surface area contributed by atoms with E-state index in [1.807, 2.05) is 11.7 Å². The molecule has 20 heavy (non-hydrogen) atoms. The summed E-state index contributed by atoms with van der Waals surface area (Å²) in [7, 11) is 3.66. The van der Waals surface area contributed by atoms with Gasteiger partial charge in [0, 0.05) is 6.54 Å². The second-order valence-corrected chi connectivity index (χ2v) is 4.96. The fourth-order valence-electron chi connectivity index (χ4n) is 2.53. The fourth-order valence-corrected chi connectivity index (χ4v) is 2.53. The Balaban J connectivity index is 2.48. The summed E-state index contributed by atoms with van der Waals surface area (Å²) in [5.74, 6) is 0.833. The molecule has 0 aliphatic rings. The molecular weight excluding hydrogens is 250 g/mol. The van der Waals surface area contributed by atoms with Crippen molar-refractivity contribution in [2.75, 3.05) is 14.2 Å². The molecule has 0 radical (unpaired) electrons. The van der Waals surface area contributed by atoms with Crippen molar-refractivity contribution in [2.45, 2.75) is 32.9 Å². The number of nitrogens with one attached hydrogen (secondary N) is 1. The zero-order chi connectivity index (χ0) is 14.5. The van der Waals surface area contributed by atoms with Crippen molar-refractivity contribution in [1.82, 2.24) is 15.1 Å². The Morgan fingerprint density at radius 3 is 2.80 bits per heavy atom. The van der Waals surface area contributed by atoms with Gasteiger partial charge in [-0.25, -0.2) is 0 Å². The minimum Gasteiger partial charge on any atom is -0.493 e. The molecule has 4 nitrogen and oxygen atoms in total. The molecule has 0 spiro atoms. The number of hydrogen-bond donors (Lipinski definition) is 1. The minimum absolute atomic E-state index is 0.0823. The predicted molar refractivity (Wildman–Crippen MR) is 81.2 cm³/mol. The molecule has 0 amide bonds. The molecule has 4 heteroatoms. The van der Waals surface area contributed by atoms with Crippen LogP contribution in [0.3, 0.4) is 0 Å². The van der Waals surface area contributed by atoms with Gasteiger partial charge in [-0.3, -0.25) is 4.68 Å². The van der Waals surface area contributed by atoms with Gasteiger partial charge in [-0.2, -0.15) is 5.10 Å². The highest BCUT2D eigenvalue weighted by Gasteiger charge is 2.22. The van der Waals surface area contributed by atoms with Crippen LogP contribution in [0, 0.1) is 6.92 Å².